The molecule has 0 amide bonds. The Morgan fingerprint density at radius 3 is 1.79 bits per heavy atom. The molecule has 8 bridgehead atoms. The highest BCUT2D eigenvalue weighted by atomic mass is 16.5. The molecule has 2 aliphatic rings. The number of methoxy groups -OCH3 is 1. The van der Waals surface area contributed by atoms with Gasteiger partial charge < -0.3 is 14.7 Å². The van der Waals surface area contributed by atoms with Gasteiger partial charge in [-0.15, -0.1) is 0 Å². The molecule has 39 heavy (non-hydrogen) atoms. The number of H-pyrrole nitrogens is 2. The van der Waals surface area contributed by atoms with Gasteiger partial charge in [-0.05, 0) is 97.2 Å². The van der Waals surface area contributed by atoms with Gasteiger partial charge in [0.15, 0.2) is 0 Å². The summed E-state index contributed by atoms with van der Waals surface area (Å²) in [6.07, 6.45) is 10.4. The molecular weight excluding hydrogens is 484 g/mol. The van der Waals surface area contributed by atoms with Crippen molar-refractivity contribution in [3.05, 3.63) is 94.6 Å². The first kappa shape index (κ1) is 24.6. The van der Waals surface area contributed by atoms with Crippen molar-refractivity contribution in [2.75, 3.05) is 7.11 Å². The monoisotopic (exact) mass is 514 g/mol. The predicted octanol–water partition coefficient (Wildman–Crippen LogP) is 8.01. The Morgan fingerprint density at radius 2 is 1.31 bits per heavy atom. The minimum absolute atomic E-state index is 0.356. The molecule has 0 saturated carbocycles. The molecule has 0 radical (unpaired) electrons. The largest absolute Gasteiger partial charge is 0.465 e. The highest BCUT2D eigenvalue weighted by Crippen LogP contribution is 2.33. The molecule has 4 aromatic rings. The lowest BCUT2D eigenvalue weighted by molar-refractivity contribution is 0.0600. The van der Waals surface area contributed by atoms with Crippen LogP contribution in [-0.2, 0) is 4.74 Å². The van der Waals surface area contributed by atoms with Crippen LogP contribution >= 0.6 is 0 Å². The van der Waals surface area contributed by atoms with E-state index >= 15 is 0 Å². The highest BCUT2D eigenvalue weighted by Gasteiger charge is 2.18. The van der Waals surface area contributed by atoms with Crippen LogP contribution in [0.25, 0.3) is 57.5 Å². The number of esters is 1. The Balaban J connectivity index is 1.64. The van der Waals surface area contributed by atoms with E-state index in [1.807, 2.05) is 12.1 Å². The maximum absolute atomic E-state index is 12.0. The van der Waals surface area contributed by atoms with E-state index in [0.717, 1.165) is 68.8 Å². The van der Waals surface area contributed by atoms with E-state index in [1.165, 1.54) is 12.7 Å². The Morgan fingerprint density at radius 1 is 0.769 bits per heavy atom. The van der Waals surface area contributed by atoms with E-state index in [-0.39, 0.29) is 5.97 Å². The summed E-state index contributed by atoms with van der Waals surface area (Å²) in [7, 11) is 1.39. The first-order chi connectivity index (χ1) is 19.1. The fourth-order valence-electron chi connectivity index (χ4n) is 5.41. The van der Waals surface area contributed by atoms with Crippen molar-refractivity contribution in [1.82, 2.24) is 19.9 Å². The molecule has 3 aromatic heterocycles. The minimum Gasteiger partial charge on any atom is -0.465 e. The van der Waals surface area contributed by atoms with Gasteiger partial charge in [-0.25, -0.2) is 14.8 Å². The van der Waals surface area contributed by atoms with Gasteiger partial charge in [-0.1, -0.05) is 26.0 Å². The molecule has 0 saturated heterocycles. The number of hydrogen-bond acceptors (Lipinski definition) is 4. The Labute approximate surface area is 227 Å². The summed E-state index contributed by atoms with van der Waals surface area (Å²) in [5.41, 5.74) is 11.3. The summed E-state index contributed by atoms with van der Waals surface area (Å²) in [5, 5.41) is 0. The van der Waals surface area contributed by atoms with Crippen LogP contribution in [0.15, 0.2) is 60.7 Å². The van der Waals surface area contributed by atoms with Crippen LogP contribution < -0.4 is 0 Å². The maximum Gasteiger partial charge on any atom is 0.337 e. The zero-order chi connectivity index (χ0) is 26.9. The van der Waals surface area contributed by atoms with Crippen LogP contribution in [0.3, 0.4) is 0 Å². The number of rotatable bonds is 5. The molecule has 1 aromatic carbocycles. The molecule has 2 N–H and O–H groups in total. The Bertz CT molecular complexity index is 1690. The topological polar surface area (TPSA) is 83.7 Å². The Kier molecular flexibility index (Phi) is 6.45. The number of carbonyl (C=O) groups is 1. The average molecular weight is 515 g/mol. The fraction of sp³-hybridized carbons (Fsp3) is 0.182. The van der Waals surface area contributed by atoms with Gasteiger partial charge in [0.05, 0.1) is 35.4 Å². The molecule has 6 rings (SSSR count). The molecule has 0 unspecified atom stereocenters. The molecule has 0 fully saturated rings. The van der Waals surface area contributed by atoms with Gasteiger partial charge in [-0.3, -0.25) is 0 Å². The zero-order valence-corrected chi connectivity index (χ0v) is 22.3. The summed E-state index contributed by atoms with van der Waals surface area (Å²) in [6.45, 7) is 4.45. The van der Waals surface area contributed by atoms with Crippen molar-refractivity contribution in [1.29, 1.82) is 0 Å². The summed E-state index contributed by atoms with van der Waals surface area (Å²) >= 11 is 0. The second-order valence-corrected chi connectivity index (χ2v) is 9.82. The van der Waals surface area contributed by atoms with Gasteiger partial charge >= 0.3 is 5.97 Å². The van der Waals surface area contributed by atoms with Crippen molar-refractivity contribution in [2.24, 2.45) is 0 Å². The van der Waals surface area contributed by atoms with E-state index in [2.05, 4.69) is 84.5 Å². The molecule has 2 aliphatic heterocycles. The smallest absolute Gasteiger partial charge is 0.337 e. The van der Waals surface area contributed by atoms with Gasteiger partial charge in [-0.2, -0.15) is 0 Å². The molecule has 0 atom stereocenters. The second kappa shape index (κ2) is 10.2. The normalized spacial score (nSPS) is 12.3. The van der Waals surface area contributed by atoms with Crippen LogP contribution in [0.2, 0.25) is 0 Å². The number of ether oxygens (including phenoxy) is 1. The van der Waals surface area contributed by atoms with Gasteiger partial charge in [0.1, 0.15) is 0 Å². The summed E-state index contributed by atoms with van der Waals surface area (Å²) in [5.74, 6) is 0.0251. The second-order valence-electron chi connectivity index (χ2n) is 9.82. The van der Waals surface area contributed by atoms with E-state index in [4.69, 9.17) is 14.7 Å². The molecular formula is C33H30N4O2. The fourth-order valence-corrected chi connectivity index (χ4v) is 5.41. The first-order valence-corrected chi connectivity index (χ1v) is 13.3. The van der Waals surface area contributed by atoms with E-state index in [1.54, 1.807) is 12.1 Å². The summed E-state index contributed by atoms with van der Waals surface area (Å²) in [4.78, 5) is 29.2. The van der Waals surface area contributed by atoms with Crippen LogP contribution in [0.5, 0.6) is 0 Å². The van der Waals surface area contributed by atoms with E-state index in [0.29, 0.717) is 11.5 Å². The van der Waals surface area contributed by atoms with Crippen molar-refractivity contribution in [2.45, 2.75) is 32.6 Å². The molecule has 194 valence electrons. The third kappa shape index (κ3) is 4.70. The average Bonchev–Trinajstić information content (AvgIpc) is 3.77. The van der Waals surface area contributed by atoms with E-state index in [9.17, 15) is 4.79 Å². The zero-order valence-electron chi connectivity index (χ0n) is 22.3. The van der Waals surface area contributed by atoms with E-state index < -0.39 is 0 Å². The van der Waals surface area contributed by atoms with Crippen LogP contribution in [0.4, 0.5) is 0 Å². The third-order valence-electron chi connectivity index (χ3n) is 7.43. The number of benzene rings is 1. The first-order valence-electron chi connectivity index (χ1n) is 13.3. The Hall–Kier alpha value is -4.71. The number of carbonyl (C=O) groups excluding carboxylic acids is 1. The predicted molar refractivity (Wildman–Crippen MR) is 159 cm³/mol. The van der Waals surface area contributed by atoms with Crippen LogP contribution in [-0.4, -0.2) is 33.0 Å². The molecule has 5 heterocycles. The van der Waals surface area contributed by atoms with Crippen molar-refractivity contribution >= 4 is 52.3 Å². The lowest BCUT2D eigenvalue weighted by Crippen LogP contribution is -2.01. The minimum atomic E-state index is -0.356. The molecule has 6 heteroatoms. The SMILES string of the molecule is CCC(CC)c1c2nc(cc3ccc([nH]3)c(-c3ccc(C(=O)OC)cc3)c3ccc(cc4nc1C=C4)[nH]3)C=C2. The quantitative estimate of drug-likeness (QED) is 0.228. The standard InChI is InChI=1S/C33H30N4O2/c1-4-20(5-2)31-27-14-10-23(34-27)18-25-12-16-29(36-25)32(21-6-8-22(9-7-21)33(38)39-3)30-17-13-26(37-30)19-24-11-15-28(31)35-24/h6-20,36-37H,4-5H2,1-3H3. The third-order valence-corrected chi connectivity index (χ3v) is 7.43. The van der Waals surface area contributed by atoms with Crippen molar-refractivity contribution in [3.8, 4) is 11.1 Å². The number of hydrogen-bond donors (Lipinski definition) is 2. The number of fused-ring (bicyclic) bond motifs is 8. The summed E-state index contributed by atoms with van der Waals surface area (Å²) < 4.78 is 4.88. The summed E-state index contributed by atoms with van der Waals surface area (Å²) in [6, 6.07) is 19.9. The number of nitrogens with one attached hydrogen (secondary N) is 2. The van der Waals surface area contributed by atoms with Crippen LogP contribution in [0.1, 0.15) is 71.3 Å². The lowest BCUT2D eigenvalue weighted by atomic mass is 9.91. The van der Waals surface area contributed by atoms with Crippen molar-refractivity contribution < 1.29 is 9.53 Å². The van der Waals surface area contributed by atoms with Gasteiger partial charge in [0.25, 0.3) is 0 Å². The van der Waals surface area contributed by atoms with Crippen LogP contribution in [0, 0.1) is 0 Å². The molecule has 6 nitrogen and oxygen atoms in total. The lowest BCUT2D eigenvalue weighted by Gasteiger charge is -2.14. The highest BCUT2D eigenvalue weighted by molar-refractivity contribution is 5.95. The number of nitrogens with zero attached hydrogens (tertiary/aromatic N) is 2. The van der Waals surface area contributed by atoms with Crippen molar-refractivity contribution in [3.63, 3.8) is 0 Å². The number of aromatic amines is 2. The maximum atomic E-state index is 12.0. The molecule has 0 spiro atoms. The van der Waals surface area contributed by atoms with Gasteiger partial charge in [0, 0.05) is 33.2 Å². The van der Waals surface area contributed by atoms with Gasteiger partial charge in [0.2, 0.25) is 0 Å². The number of aromatic nitrogens is 4. The molecule has 0 aliphatic carbocycles.